The van der Waals surface area contributed by atoms with Crippen LogP contribution in [-0.4, -0.2) is 68.7 Å². The summed E-state index contributed by atoms with van der Waals surface area (Å²) in [4.78, 5) is 29.8. The zero-order chi connectivity index (χ0) is 24.5. The molecule has 6 heterocycles. The molecule has 0 radical (unpaired) electrons. The second kappa shape index (κ2) is 7.64. The Bertz CT molecular complexity index is 1360. The minimum Gasteiger partial charge on any atom is -0.377 e. The van der Waals surface area contributed by atoms with Crippen LogP contribution in [-0.2, 0) is 17.5 Å². The van der Waals surface area contributed by atoms with E-state index in [-0.39, 0.29) is 22.8 Å². The fourth-order valence-electron chi connectivity index (χ4n) is 5.32. The maximum atomic E-state index is 13.2. The van der Waals surface area contributed by atoms with Gasteiger partial charge in [-0.05, 0) is 20.3 Å². The Morgan fingerprint density at radius 2 is 1.89 bits per heavy atom. The lowest BCUT2D eigenvalue weighted by Gasteiger charge is -2.48. The van der Waals surface area contributed by atoms with Crippen molar-refractivity contribution in [2.45, 2.75) is 39.0 Å². The van der Waals surface area contributed by atoms with Crippen molar-refractivity contribution >= 4 is 22.8 Å². The molecule has 3 aliphatic heterocycles. The molecule has 13 heteroatoms. The third-order valence-electron chi connectivity index (χ3n) is 7.19. The number of rotatable bonds is 4. The summed E-state index contributed by atoms with van der Waals surface area (Å²) in [5.74, 6) is 1.01. The summed E-state index contributed by atoms with van der Waals surface area (Å²) in [7, 11) is 0. The average Bonchev–Trinajstić information content (AvgIpc) is 3.36. The maximum Gasteiger partial charge on any atom is 0.433 e. The lowest BCUT2D eigenvalue weighted by Crippen LogP contribution is -2.58. The van der Waals surface area contributed by atoms with Gasteiger partial charge >= 0.3 is 6.18 Å². The zero-order valence-corrected chi connectivity index (χ0v) is 19.4. The van der Waals surface area contributed by atoms with Crippen molar-refractivity contribution in [1.82, 2.24) is 29.3 Å². The fraction of sp³-hybridized carbons (Fsp3) is 0.591. The highest BCUT2D eigenvalue weighted by Gasteiger charge is 2.49. The number of alkyl halides is 3. The lowest BCUT2D eigenvalue weighted by molar-refractivity contribution is -0.141. The van der Waals surface area contributed by atoms with E-state index >= 15 is 0 Å². The van der Waals surface area contributed by atoms with Gasteiger partial charge in [0.1, 0.15) is 28.8 Å². The zero-order valence-electron chi connectivity index (χ0n) is 19.4. The van der Waals surface area contributed by atoms with Crippen molar-refractivity contribution in [3.63, 3.8) is 0 Å². The summed E-state index contributed by atoms with van der Waals surface area (Å²) < 4.78 is 48.3. The van der Waals surface area contributed by atoms with Crippen LogP contribution >= 0.6 is 0 Å². The number of aromatic nitrogens is 6. The minimum atomic E-state index is -4.51. The third kappa shape index (κ3) is 3.55. The number of halogens is 3. The van der Waals surface area contributed by atoms with Crippen LogP contribution in [0.5, 0.6) is 0 Å². The van der Waals surface area contributed by atoms with E-state index in [1.54, 1.807) is 15.4 Å². The Hall–Kier alpha value is -3.22. The van der Waals surface area contributed by atoms with Crippen LogP contribution in [0, 0.1) is 12.3 Å². The van der Waals surface area contributed by atoms with Gasteiger partial charge in [0.15, 0.2) is 5.65 Å². The first-order valence-electron chi connectivity index (χ1n) is 11.7. The molecular weight excluding hydrogens is 465 g/mol. The molecule has 0 N–H and O–H groups in total. The molecule has 3 aromatic heterocycles. The molecule has 3 saturated heterocycles. The predicted octanol–water partition coefficient (Wildman–Crippen LogP) is 2.02. The minimum absolute atomic E-state index is 0.0766. The third-order valence-corrected chi connectivity index (χ3v) is 7.19. The van der Waals surface area contributed by atoms with Crippen molar-refractivity contribution in [2.24, 2.45) is 5.41 Å². The maximum absolute atomic E-state index is 13.2. The van der Waals surface area contributed by atoms with Crippen LogP contribution in [0.2, 0.25) is 0 Å². The molecule has 3 aromatic rings. The Morgan fingerprint density at radius 3 is 2.54 bits per heavy atom. The Morgan fingerprint density at radius 1 is 1.14 bits per heavy atom. The van der Waals surface area contributed by atoms with E-state index < -0.39 is 11.9 Å². The highest BCUT2D eigenvalue weighted by Crippen LogP contribution is 2.43. The molecule has 0 bridgehead atoms. The van der Waals surface area contributed by atoms with Gasteiger partial charge in [0, 0.05) is 44.2 Å². The summed E-state index contributed by atoms with van der Waals surface area (Å²) in [6.07, 6.45) is -2.08. The number of aryl methyl sites for hydroxylation is 1. The summed E-state index contributed by atoms with van der Waals surface area (Å²) in [6, 6.07) is 1.09. The highest BCUT2D eigenvalue weighted by molar-refractivity contribution is 5.75. The summed E-state index contributed by atoms with van der Waals surface area (Å²) >= 11 is 0. The number of hydrogen-bond donors (Lipinski definition) is 0. The van der Waals surface area contributed by atoms with E-state index in [0.29, 0.717) is 68.7 Å². The second-order valence-corrected chi connectivity index (χ2v) is 9.66. The first-order chi connectivity index (χ1) is 16.7. The monoisotopic (exact) mass is 490 g/mol. The van der Waals surface area contributed by atoms with E-state index in [0.717, 1.165) is 12.5 Å². The van der Waals surface area contributed by atoms with Gasteiger partial charge in [0.25, 0.3) is 5.56 Å². The van der Waals surface area contributed by atoms with Crippen LogP contribution < -0.4 is 15.4 Å². The number of nitrogens with zero attached hydrogens (tertiary/aromatic N) is 8. The standard InChI is InChI=1S/C22H25F3N8O2/c1-3-32-19(34)15-7-26-33(14-8-35-9-14)18(15)29-20(32)30-5-4-21(10-30)11-31(12-21)17-6-16(22(23,24)25)27-13(2)28-17/h6-7,14H,3-5,8-12H2,1-2H3. The summed E-state index contributed by atoms with van der Waals surface area (Å²) in [5.41, 5.74) is -0.571. The molecule has 0 unspecified atom stereocenters. The molecule has 10 nitrogen and oxygen atoms in total. The summed E-state index contributed by atoms with van der Waals surface area (Å²) in [5, 5.41) is 4.89. The van der Waals surface area contributed by atoms with E-state index in [9.17, 15) is 18.0 Å². The van der Waals surface area contributed by atoms with Gasteiger partial charge in [-0.25, -0.2) is 14.6 Å². The summed E-state index contributed by atoms with van der Waals surface area (Å²) in [6.45, 7) is 7.51. The lowest BCUT2D eigenvalue weighted by atomic mass is 9.79. The van der Waals surface area contributed by atoms with Gasteiger partial charge in [-0.2, -0.15) is 23.3 Å². The van der Waals surface area contributed by atoms with Crippen LogP contribution in [0.4, 0.5) is 24.9 Å². The van der Waals surface area contributed by atoms with Crippen molar-refractivity contribution in [1.29, 1.82) is 0 Å². The first kappa shape index (κ1) is 22.3. The van der Waals surface area contributed by atoms with Gasteiger partial charge in [0.05, 0.1) is 19.4 Å². The van der Waals surface area contributed by atoms with E-state index in [4.69, 9.17) is 9.72 Å². The van der Waals surface area contributed by atoms with Gasteiger partial charge in [-0.3, -0.25) is 9.36 Å². The normalized spacial score (nSPS) is 20.0. The number of ether oxygens (including phenoxy) is 1. The molecule has 1 spiro atoms. The van der Waals surface area contributed by atoms with Crippen molar-refractivity contribution in [3.8, 4) is 0 Å². The molecule has 0 saturated carbocycles. The molecule has 3 fully saturated rings. The Labute approximate surface area is 198 Å². The Kier molecular flexibility index (Phi) is 4.86. The molecule has 6 rings (SSSR count). The molecule has 0 atom stereocenters. The average molecular weight is 490 g/mol. The predicted molar refractivity (Wildman–Crippen MR) is 121 cm³/mol. The Balaban J connectivity index is 1.26. The highest BCUT2D eigenvalue weighted by atomic mass is 19.4. The van der Waals surface area contributed by atoms with E-state index in [1.807, 2.05) is 11.8 Å². The smallest absolute Gasteiger partial charge is 0.377 e. The molecule has 186 valence electrons. The molecule has 0 aliphatic carbocycles. The molecule has 35 heavy (non-hydrogen) atoms. The van der Waals surface area contributed by atoms with Crippen LogP contribution in [0.15, 0.2) is 17.1 Å². The quantitative estimate of drug-likeness (QED) is 0.549. The van der Waals surface area contributed by atoms with Gasteiger partial charge in [-0.15, -0.1) is 0 Å². The largest absolute Gasteiger partial charge is 0.433 e. The first-order valence-corrected chi connectivity index (χ1v) is 11.7. The van der Waals surface area contributed by atoms with E-state index in [1.165, 1.54) is 6.92 Å². The van der Waals surface area contributed by atoms with Gasteiger partial charge in [0.2, 0.25) is 5.95 Å². The van der Waals surface area contributed by atoms with Gasteiger partial charge in [-0.1, -0.05) is 0 Å². The molecule has 0 amide bonds. The van der Waals surface area contributed by atoms with Gasteiger partial charge < -0.3 is 14.5 Å². The van der Waals surface area contributed by atoms with Crippen molar-refractivity contribution in [2.75, 3.05) is 49.2 Å². The number of anilines is 2. The fourth-order valence-corrected chi connectivity index (χ4v) is 5.32. The van der Waals surface area contributed by atoms with Crippen LogP contribution in [0.3, 0.4) is 0 Å². The SMILES string of the molecule is CCn1c(N2CCC3(CN(c4cc(C(F)(F)F)nc(C)n4)C3)C2)nc2c(cnn2C2COC2)c1=O. The van der Waals surface area contributed by atoms with Crippen LogP contribution in [0.1, 0.15) is 30.9 Å². The van der Waals surface area contributed by atoms with Crippen molar-refractivity contribution in [3.05, 3.63) is 34.1 Å². The molecular formula is C22H25F3N8O2. The van der Waals surface area contributed by atoms with Crippen LogP contribution in [0.25, 0.3) is 11.0 Å². The molecule has 3 aliphatic rings. The number of fused-ring (bicyclic) bond motifs is 1. The topological polar surface area (TPSA) is 94.2 Å². The molecule has 0 aromatic carbocycles. The number of hydrogen-bond acceptors (Lipinski definition) is 8. The van der Waals surface area contributed by atoms with E-state index in [2.05, 4.69) is 20.0 Å². The second-order valence-electron chi connectivity index (χ2n) is 9.66. The van der Waals surface area contributed by atoms with Crippen molar-refractivity contribution < 1.29 is 17.9 Å².